The van der Waals surface area contributed by atoms with Crippen LogP contribution in [0.1, 0.15) is 23.2 Å². The Labute approximate surface area is 118 Å². The van der Waals surface area contributed by atoms with E-state index >= 15 is 0 Å². The summed E-state index contributed by atoms with van der Waals surface area (Å²) in [6, 6.07) is 7.23. The molecule has 0 aliphatic rings. The molecule has 0 aliphatic heterocycles. The zero-order valence-corrected chi connectivity index (χ0v) is 11.2. The smallest absolute Gasteiger partial charge is 0.0886 e. The lowest BCUT2D eigenvalue weighted by molar-refractivity contribution is 0.732. The van der Waals surface area contributed by atoms with E-state index in [-0.39, 0.29) is 12.1 Å². The Morgan fingerprint density at radius 2 is 1.15 bits per heavy atom. The molecule has 2 unspecified atom stereocenters. The minimum Gasteiger partial charge on any atom is -0.329 e. The average Bonchev–Trinajstić information content (AvgIpc) is 2.53. The minimum atomic E-state index is -0.186. The van der Waals surface area contributed by atoms with Gasteiger partial charge in [-0.15, -0.1) is 0 Å². The van der Waals surface area contributed by atoms with Crippen LogP contribution in [0.15, 0.2) is 36.7 Å². The Balaban J connectivity index is 2.19. The summed E-state index contributed by atoms with van der Waals surface area (Å²) in [6.07, 6.45) is 3.46. The van der Waals surface area contributed by atoms with Gasteiger partial charge in [0.15, 0.2) is 0 Å². The molecule has 2 aromatic rings. The predicted octanol–water partition coefficient (Wildman–Crippen LogP) is 0.0606. The first kappa shape index (κ1) is 14.5. The third-order valence-corrected chi connectivity index (χ3v) is 3.20. The number of hydrogen-bond acceptors (Lipinski definition) is 6. The molecule has 6 heteroatoms. The second-order valence-corrected chi connectivity index (χ2v) is 4.64. The Bertz CT molecular complexity index is 485. The number of rotatable bonds is 5. The quantitative estimate of drug-likeness (QED) is 0.609. The predicted molar refractivity (Wildman–Crippen MR) is 79.4 cm³/mol. The van der Waals surface area contributed by atoms with E-state index in [1.165, 1.54) is 0 Å². The summed E-state index contributed by atoms with van der Waals surface area (Å²) in [5.74, 6) is 0. The van der Waals surface area contributed by atoms with Gasteiger partial charge in [-0.25, -0.2) is 0 Å². The lowest BCUT2D eigenvalue weighted by Gasteiger charge is -2.10. The van der Waals surface area contributed by atoms with Crippen LogP contribution in [0.2, 0.25) is 0 Å². The van der Waals surface area contributed by atoms with Crippen molar-refractivity contribution in [3.8, 4) is 11.4 Å². The van der Waals surface area contributed by atoms with E-state index in [2.05, 4.69) is 9.97 Å². The SMILES string of the molecule is NCC(N)c1ccc(-c2ccc(C(N)CN)cn2)nc1. The molecule has 2 aromatic heterocycles. The first-order valence-electron chi connectivity index (χ1n) is 6.49. The van der Waals surface area contributed by atoms with Gasteiger partial charge in [-0.1, -0.05) is 12.1 Å². The second kappa shape index (κ2) is 6.53. The third kappa shape index (κ3) is 3.17. The zero-order valence-electron chi connectivity index (χ0n) is 11.2. The van der Waals surface area contributed by atoms with Gasteiger partial charge in [0.1, 0.15) is 0 Å². The number of nitrogens with zero attached hydrogens (tertiary/aromatic N) is 2. The summed E-state index contributed by atoms with van der Waals surface area (Å²) in [6.45, 7) is 0.788. The van der Waals surface area contributed by atoms with E-state index in [0.29, 0.717) is 13.1 Å². The van der Waals surface area contributed by atoms with Crippen LogP contribution in [0.5, 0.6) is 0 Å². The van der Waals surface area contributed by atoms with Gasteiger partial charge in [0.05, 0.1) is 11.4 Å². The van der Waals surface area contributed by atoms with Gasteiger partial charge in [0, 0.05) is 37.6 Å². The highest BCUT2D eigenvalue weighted by atomic mass is 14.8. The maximum Gasteiger partial charge on any atom is 0.0886 e. The highest BCUT2D eigenvalue weighted by Gasteiger charge is 2.07. The van der Waals surface area contributed by atoms with Crippen LogP contribution in [0.3, 0.4) is 0 Å². The lowest BCUT2D eigenvalue weighted by atomic mass is 10.1. The molecule has 0 saturated heterocycles. The van der Waals surface area contributed by atoms with E-state index in [1.807, 2.05) is 24.3 Å². The molecule has 2 atom stereocenters. The highest BCUT2D eigenvalue weighted by molar-refractivity contribution is 5.54. The summed E-state index contributed by atoms with van der Waals surface area (Å²) in [5, 5.41) is 0. The molecule has 0 amide bonds. The van der Waals surface area contributed by atoms with Crippen LogP contribution in [-0.2, 0) is 0 Å². The van der Waals surface area contributed by atoms with Gasteiger partial charge in [-0.05, 0) is 23.3 Å². The Morgan fingerprint density at radius 3 is 1.40 bits per heavy atom. The van der Waals surface area contributed by atoms with Crippen molar-refractivity contribution < 1.29 is 0 Å². The second-order valence-electron chi connectivity index (χ2n) is 4.64. The topological polar surface area (TPSA) is 130 Å². The van der Waals surface area contributed by atoms with Gasteiger partial charge in [-0.2, -0.15) is 0 Å². The van der Waals surface area contributed by atoms with Gasteiger partial charge >= 0.3 is 0 Å². The molecule has 0 radical (unpaired) electrons. The fourth-order valence-electron chi connectivity index (χ4n) is 1.82. The van der Waals surface area contributed by atoms with Crippen LogP contribution in [-0.4, -0.2) is 23.1 Å². The largest absolute Gasteiger partial charge is 0.329 e. The van der Waals surface area contributed by atoms with Crippen molar-refractivity contribution in [3.63, 3.8) is 0 Å². The molecule has 6 nitrogen and oxygen atoms in total. The number of hydrogen-bond donors (Lipinski definition) is 4. The molecular weight excluding hydrogens is 252 g/mol. The molecular formula is C14H20N6. The lowest BCUT2D eigenvalue weighted by Crippen LogP contribution is -2.21. The van der Waals surface area contributed by atoms with Crippen LogP contribution < -0.4 is 22.9 Å². The summed E-state index contributed by atoms with van der Waals surface area (Å²) < 4.78 is 0. The minimum absolute atomic E-state index is 0.186. The van der Waals surface area contributed by atoms with Crippen molar-refractivity contribution >= 4 is 0 Å². The van der Waals surface area contributed by atoms with Crippen molar-refractivity contribution in [2.75, 3.05) is 13.1 Å². The molecule has 0 saturated carbocycles. The Hall–Kier alpha value is -1.86. The van der Waals surface area contributed by atoms with Crippen molar-refractivity contribution in [2.45, 2.75) is 12.1 Å². The highest BCUT2D eigenvalue weighted by Crippen LogP contribution is 2.18. The molecule has 0 bridgehead atoms. The molecule has 8 N–H and O–H groups in total. The molecule has 2 heterocycles. The third-order valence-electron chi connectivity index (χ3n) is 3.20. The summed E-state index contributed by atoms with van der Waals surface area (Å²) in [4.78, 5) is 8.72. The fraction of sp³-hybridized carbons (Fsp3) is 0.286. The normalized spacial score (nSPS) is 14.0. The molecule has 20 heavy (non-hydrogen) atoms. The number of pyridine rings is 2. The standard InChI is InChI=1S/C14H20N6/c15-5-11(17)9-1-3-13(19-7-9)14-4-2-10(8-20-14)12(18)6-16/h1-4,7-8,11-12H,5-6,15-18H2. The van der Waals surface area contributed by atoms with E-state index in [9.17, 15) is 0 Å². The molecule has 0 spiro atoms. The summed E-state index contributed by atoms with van der Waals surface area (Å²) in [7, 11) is 0. The zero-order chi connectivity index (χ0) is 14.5. The first-order valence-corrected chi connectivity index (χ1v) is 6.49. The van der Waals surface area contributed by atoms with Gasteiger partial charge < -0.3 is 22.9 Å². The Kier molecular flexibility index (Phi) is 4.75. The van der Waals surface area contributed by atoms with Gasteiger partial charge in [0.25, 0.3) is 0 Å². The molecule has 0 aliphatic carbocycles. The molecule has 106 valence electrons. The van der Waals surface area contributed by atoms with Crippen molar-refractivity contribution in [1.82, 2.24) is 9.97 Å². The number of nitrogens with two attached hydrogens (primary N) is 4. The Morgan fingerprint density at radius 1 is 0.750 bits per heavy atom. The molecule has 2 rings (SSSR count). The summed E-state index contributed by atoms with van der Waals surface area (Å²) >= 11 is 0. The van der Waals surface area contributed by atoms with Crippen LogP contribution in [0.4, 0.5) is 0 Å². The van der Waals surface area contributed by atoms with E-state index < -0.39 is 0 Å². The molecule has 0 fully saturated rings. The maximum absolute atomic E-state index is 5.85. The van der Waals surface area contributed by atoms with Crippen LogP contribution >= 0.6 is 0 Å². The average molecular weight is 272 g/mol. The van der Waals surface area contributed by atoms with Crippen LogP contribution in [0, 0.1) is 0 Å². The van der Waals surface area contributed by atoms with Gasteiger partial charge in [0.2, 0.25) is 0 Å². The molecule has 0 aromatic carbocycles. The first-order chi connectivity index (χ1) is 9.65. The van der Waals surface area contributed by atoms with E-state index in [0.717, 1.165) is 22.5 Å². The van der Waals surface area contributed by atoms with Crippen molar-refractivity contribution in [1.29, 1.82) is 0 Å². The monoisotopic (exact) mass is 272 g/mol. The maximum atomic E-state index is 5.85. The van der Waals surface area contributed by atoms with E-state index in [1.54, 1.807) is 12.4 Å². The summed E-state index contributed by atoms with van der Waals surface area (Å²) in [5.41, 5.74) is 26.1. The van der Waals surface area contributed by atoms with E-state index in [4.69, 9.17) is 22.9 Å². The van der Waals surface area contributed by atoms with Crippen LogP contribution in [0.25, 0.3) is 11.4 Å². The van der Waals surface area contributed by atoms with Gasteiger partial charge in [-0.3, -0.25) is 9.97 Å². The van der Waals surface area contributed by atoms with Crippen molar-refractivity contribution in [2.24, 2.45) is 22.9 Å². The number of aromatic nitrogens is 2. The van der Waals surface area contributed by atoms with Crippen molar-refractivity contribution in [3.05, 3.63) is 47.8 Å². The fourth-order valence-corrected chi connectivity index (χ4v) is 1.82.